The lowest BCUT2D eigenvalue weighted by atomic mass is 10.2. The smallest absolute Gasteiger partial charge is 0.315 e. The van der Waals surface area contributed by atoms with E-state index in [2.05, 4.69) is 10.6 Å². The molecule has 1 aliphatic rings. The van der Waals surface area contributed by atoms with Crippen molar-refractivity contribution in [1.82, 2.24) is 16.4 Å². The standard InChI is InChI=1S/C6H10N3O2/c7-5(10)2-1-4-3-8-6(11)9-4/h4,7H,1-3H2,(H2,8,9,11). The number of nitrogens with one attached hydrogen (secondary N) is 3. The number of urea groups is 1. The summed E-state index contributed by atoms with van der Waals surface area (Å²) in [5, 5.41) is 5.19. The quantitative estimate of drug-likeness (QED) is 0.564. The van der Waals surface area contributed by atoms with Crippen molar-refractivity contribution in [3.05, 3.63) is 0 Å². The van der Waals surface area contributed by atoms with E-state index < -0.39 is 5.91 Å². The Hall–Kier alpha value is -1.26. The lowest BCUT2D eigenvalue weighted by Crippen LogP contribution is -2.27. The minimum absolute atomic E-state index is 0.0248. The predicted octanol–water partition coefficient (Wildman–Crippen LogP) is -0.743. The van der Waals surface area contributed by atoms with Crippen LogP contribution in [0.3, 0.4) is 0 Å². The van der Waals surface area contributed by atoms with Crippen LogP contribution < -0.4 is 16.4 Å². The van der Waals surface area contributed by atoms with Crippen LogP contribution in [0.1, 0.15) is 12.8 Å². The Kier molecular flexibility index (Phi) is 2.30. The highest BCUT2D eigenvalue weighted by Crippen LogP contribution is 1.99. The lowest BCUT2D eigenvalue weighted by Gasteiger charge is -2.04. The molecule has 0 aromatic rings. The van der Waals surface area contributed by atoms with Gasteiger partial charge in [-0.15, -0.1) is 0 Å². The van der Waals surface area contributed by atoms with E-state index in [0.29, 0.717) is 13.0 Å². The molecule has 0 aromatic carbocycles. The molecule has 3 N–H and O–H groups in total. The van der Waals surface area contributed by atoms with Gasteiger partial charge < -0.3 is 10.6 Å². The molecule has 1 atom stereocenters. The molecule has 1 aliphatic heterocycles. The van der Waals surface area contributed by atoms with E-state index in [-0.39, 0.29) is 18.5 Å². The highest BCUT2D eigenvalue weighted by Gasteiger charge is 2.19. The van der Waals surface area contributed by atoms with Crippen LogP contribution in [0.5, 0.6) is 0 Å². The fourth-order valence-electron chi connectivity index (χ4n) is 0.983. The highest BCUT2D eigenvalue weighted by molar-refractivity contribution is 5.77. The fourth-order valence-corrected chi connectivity index (χ4v) is 0.983. The van der Waals surface area contributed by atoms with E-state index >= 15 is 0 Å². The summed E-state index contributed by atoms with van der Waals surface area (Å²) in [5.41, 5.74) is 6.62. The van der Waals surface area contributed by atoms with Crippen LogP contribution in [0.4, 0.5) is 4.79 Å². The van der Waals surface area contributed by atoms with Gasteiger partial charge in [-0.1, -0.05) is 0 Å². The van der Waals surface area contributed by atoms with E-state index in [1.165, 1.54) is 0 Å². The van der Waals surface area contributed by atoms with Crippen LogP contribution in [0, 0.1) is 0 Å². The Labute approximate surface area is 64.3 Å². The molecule has 1 unspecified atom stereocenters. The number of carbonyl (C=O) groups is 2. The molecule has 0 saturated carbocycles. The van der Waals surface area contributed by atoms with Crippen LogP contribution in [-0.4, -0.2) is 24.5 Å². The molecule has 0 spiro atoms. The molecule has 0 bridgehead atoms. The average molecular weight is 156 g/mol. The molecule has 11 heavy (non-hydrogen) atoms. The SMILES string of the molecule is [NH]C(=O)CCC1CNC(=O)N1. The second kappa shape index (κ2) is 3.23. The maximum atomic E-state index is 10.5. The first kappa shape index (κ1) is 7.84. The summed E-state index contributed by atoms with van der Waals surface area (Å²) in [5.74, 6) is -0.578. The molecule has 0 aliphatic carbocycles. The summed E-state index contributed by atoms with van der Waals surface area (Å²) in [6, 6.07) is -0.163. The zero-order valence-corrected chi connectivity index (χ0v) is 6.02. The molecule has 0 aromatic heterocycles. The monoisotopic (exact) mass is 156 g/mol. The van der Waals surface area contributed by atoms with Gasteiger partial charge in [0.2, 0.25) is 5.91 Å². The summed E-state index contributed by atoms with van der Waals surface area (Å²) >= 11 is 0. The van der Waals surface area contributed by atoms with Crippen molar-refractivity contribution in [2.24, 2.45) is 0 Å². The molecule has 5 nitrogen and oxygen atoms in total. The summed E-state index contributed by atoms with van der Waals surface area (Å²) < 4.78 is 0. The average Bonchev–Trinajstić information content (AvgIpc) is 2.31. The van der Waals surface area contributed by atoms with Crippen molar-refractivity contribution in [1.29, 1.82) is 0 Å². The van der Waals surface area contributed by atoms with Crippen molar-refractivity contribution < 1.29 is 9.59 Å². The second-order valence-electron chi connectivity index (χ2n) is 2.51. The van der Waals surface area contributed by atoms with Crippen LogP contribution in [0.25, 0.3) is 0 Å². The molecular formula is C6H10N3O2. The van der Waals surface area contributed by atoms with Gasteiger partial charge in [0.05, 0.1) is 0 Å². The molecule has 5 heteroatoms. The van der Waals surface area contributed by atoms with Gasteiger partial charge in [0.1, 0.15) is 0 Å². The van der Waals surface area contributed by atoms with Gasteiger partial charge in [0, 0.05) is 19.0 Å². The molecule has 1 heterocycles. The Morgan fingerprint density at radius 1 is 1.73 bits per heavy atom. The van der Waals surface area contributed by atoms with Crippen LogP contribution in [0.15, 0.2) is 0 Å². The first-order valence-electron chi connectivity index (χ1n) is 3.47. The number of hydrogen-bond donors (Lipinski definition) is 2. The third-order valence-electron chi connectivity index (χ3n) is 1.56. The van der Waals surface area contributed by atoms with Crippen molar-refractivity contribution in [3.8, 4) is 0 Å². The number of carbonyl (C=O) groups excluding carboxylic acids is 2. The van der Waals surface area contributed by atoms with E-state index in [9.17, 15) is 9.59 Å². The third-order valence-corrected chi connectivity index (χ3v) is 1.56. The van der Waals surface area contributed by atoms with Crippen LogP contribution in [0.2, 0.25) is 0 Å². The van der Waals surface area contributed by atoms with E-state index in [0.717, 1.165) is 0 Å². The molecule has 1 rings (SSSR count). The topological polar surface area (TPSA) is 82.0 Å². The minimum atomic E-state index is -0.578. The fraction of sp³-hybridized carbons (Fsp3) is 0.667. The van der Waals surface area contributed by atoms with Crippen molar-refractivity contribution in [3.63, 3.8) is 0 Å². The Bertz CT molecular complexity index is 181. The van der Waals surface area contributed by atoms with Crippen molar-refractivity contribution >= 4 is 11.9 Å². The van der Waals surface area contributed by atoms with Crippen LogP contribution in [-0.2, 0) is 4.79 Å². The highest BCUT2D eigenvalue weighted by atomic mass is 16.2. The first-order chi connectivity index (χ1) is 5.18. The summed E-state index contributed by atoms with van der Waals surface area (Å²) in [4.78, 5) is 20.8. The Morgan fingerprint density at radius 2 is 2.45 bits per heavy atom. The van der Waals surface area contributed by atoms with Crippen molar-refractivity contribution in [2.45, 2.75) is 18.9 Å². The summed E-state index contributed by atoms with van der Waals surface area (Å²) in [7, 11) is 0. The number of rotatable bonds is 3. The molecule has 3 amide bonds. The zero-order valence-electron chi connectivity index (χ0n) is 6.02. The van der Waals surface area contributed by atoms with Gasteiger partial charge >= 0.3 is 6.03 Å². The van der Waals surface area contributed by atoms with Gasteiger partial charge in [-0.05, 0) is 6.42 Å². The molecule has 1 saturated heterocycles. The van der Waals surface area contributed by atoms with Gasteiger partial charge in [0.25, 0.3) is 0 Å². The van der Waals surface area contributed by atoms with Gasteiger partial charge in [-0.2, -0.15) is 0 Å². The Morgan fingerprint density at radius 3 is 2.91 bits per heavy atom. The maximum Gasteiger partial charge on any atom is 0.315 e. The van der Waals surface area contributed by atoms with E-state index in [1.807, 2.05) is 0 Å². The van der Waals surface area contributed by atoms with Crippen LogP contribution >= 0.6 is 0 Å². The minimum Gasteiger partial charge on any atom is -0.336 e. The molecule has 1 radical (unpaired) electrons. The summed E-state index contributed by atoms with van der Waals surface area (Å²) in [6.45, 7) is 0.562. The van der Waals surface area contributed by atoms with Crippen molar-refractivity contribution in [2.75, 3.05) is 6.54 Å². The lowest BCUT2D eigenvalue weighted by molar-refractivity contribution is -0.118. The predicted molar refractivity (Wildman–Crippen MR) is 37.7 cm³/mol. The second-order valence-corrected chi connectivity index (χ2v) is 2.51. The molecular weight excluding hydrogens is 146 g/mol. The van der Waals surface area contributed by atoms with E-state index in [4.69, 9.17) is 5.73 Å². The van der Waals surface area contributed by atoms with Gasteiger partial charge in [0.15, 0.2) is 0 Å². The number of hydrogen-bond acceptors (Lipinski definition) is 2. The van der Waals surface area contributed by atoms with E-state index in [1.54, 1.807) is 0 Å². The summed E-state index contributed by atoms with van der Waals surface area (Å²) in [6.07, 6.45) is 0.772. The first-order valence-corrected chi connectivity index (χ1v) is 3.47. The normalized spacial score (nSPS) is 22.5. The molecule has 61 valence electrons. The third kappa shape index (κ3) is 2.45. The Balaban J connectivity index is 2.18. The molecule has 1 fully saturated rings. The largest absolute Gasteiger partial charge is 0.336 e. The van der Waals surface area contributed by atoms with Gasteiger partial charge in [-0.3, -0.25) is 10.5 Å². The van der Waals surface area contributed by atoms with Gasteiger partial charge in [-0.25, -0.2) is 4.79 Å². The maximum absolute atomic E-state index is 10.5. The number of amides is 3. The zero-order chi connectivity index (χ0) is 8.27.